The van der Waals surface area contributed by atoms with Crippen molar-refractivity contribution in [3.8, 4) is 5.75 Å². The highest BCUT2D eigenvalue weighted by Crippen LogP contribution is 2.19. The van der Waals surface area contributed by atoms with Gasteiger partial charge in [0, 0.05) is 27.0 Å². The number of hydrogen-bond donors (Lipinski definition) is 5. The third-order valence-electron chi connectivity index (χ3n) is 2.58. The largest absolute Gasteiger partial charge is 0.546 e. The van der Waals surface area contributed by atoms with Crippen LogP contribution in [-0.2, 0) is 0 Å². The van der Waals surface area contributed by atoms with Gasteiger partial charge >= 0.3 is 0 Å². The molecule has 10 heteroatoms. The fourth-order valence-electron chi connectivity index (χ4n) is 1.68. The van der Waals surface area contributed by atoms with Crippen LogP contribution in [0.3, 0.4) is 0 Å². The van der Waals surface area contributed by atoms with Gasteiger partial charge in [-0.3, -0.25) is 5.41 Å². The Balaban J connectivity index is 1.72. The van der Waals surface area contributed by atoms with Crippen LogP contribution in [0.25, 0.3) is 0 Å². The highest BCUT2D eigenvalue weighted by Gasteiger charge is 2.10. The molecule has 0 aliphatic heterocycles. The van der Waals surface area contributed by atoms with Gasteiger partial charge in [0.05, 0.1) is 6.61 Å². The Bertz CT molecular complexity index is 646. The van der Waals surface area contributed by atoms with E-state index in [9.17, 15) is 4.55 Å². The first kappa shape index (κ1) is 15.8. The molecule has 0 amide bonds. The van der Waals surface area contributed by atoms with Crippen molar-refractivity contribution in [3.05, 3.63) is 24.3 Å². The van der Waals surface area contributed by atoms with Crippen LogP contribution < -0.4 is 26.8 Å². The van der Waals surface area contributed by atoms with Crippen LogP contribution in [0, 0.1) is 5.41 Å². The van der Waals surface area contributed by atoms with Gasteiger partial charge in [0.25, 0.3) is 0 Å². The van der Waals surface area contributed by atoms with Gasteiger partial charge in [-0.25, -0.2) is 0 Å². The zero-order valence-corrected chi connectivity index (χ0v) is 12.5. The number of guanidine groups is 1. The summed E-state index contributed by atoms with van der Waals surface area (Å²) in [5, 5.41) is 12.8. The summed E-state index contributed by atoms with van der Waals surface area (Å²) >= 11 is -1.60. The maximum Gasteiger partial charge on any atom is 0.232 e. The first-order valence-electron chi connectivity index (χ1n) is 6.47. The monoisotopic (exact) mass is 323 g/mol. The molecule has 2 rings (SSSR count). The molecule has 22 heavy (non-hydrogen) atoms. The van der Waals surface area contributed by atoms with E-state index in [2.05, 4.69) is 19.4 Å². The molecule has 1 heterocycles. The van der Waals surface area contributed by atoms with Gasteiger partial charge < -0.3 is 31.4 Å². The molecule has 0 aliphatic carbocycles. The number of nitrogens with zero attached hydrogens (tertiary/aromatic N) is 2. The van der Waals surface area contributed by atoms with E-state index in [1.807, 2.05) is 6.07 Å². The number of benzene rings is 1. The van der Waals surface area contributed by atoms with Gasteiger partial charge in [0.2, 0.25) is 11.6 Å². The van der Waals surface area contributed by atoms with Crippen LogP contribution in [0.5, 0.6) is 5.75 Å². The Morgan fingerprint density at radius 2 is 2.23 bits per heavy atom. The van der Waals surface area contributed by atoms with Crippen molar-refractivity contribution in [1.29, 1.82) is 5.41 Å². The molecule has 0 fully saturated rings. The van der Waals surface area contributed by atoms with E-state index in [-0.39, 0.29) is 11.8 Å². The molecule has 0 spiro atoms. The van der Waals surface area contributed by atoms with Crippen molar-refractivity contribution in [1.82, 2.24) is 8.75 Å². The smallest absolute Gasteiger partial charge is 0.232 e. The van der Waals surface area contributed by atoms with Crippen molar-refractivity contribution >= 4 is 34.4 Å². The van der Waals surface area contributed by atoms with E-state index in [4.69, 9.17) is 21.6 Å². The highest BCUT2D eigenvalue weighted by molar-refractivity contribution is 7.14. The lowest BCUT2D eigenvalue weighted by Gasteiger charge is -2.09. The van der Waals surface area contributed by atoms with Crippen molar-refractivity contribution in [2.24, 2.45) is 5.73 Å². The second-order valence-corrected chi connectivity index (χ2v) is 5.17. The third kappa shape index (κ3) is 4.75. The Kier molecular flexibility index (Phi) is 5.33. The van der Waals surface area contributed by atoms with Crippen molar-refractivity contribution in [3.63, 3.8) is 0 Å². The van der Waals surface area contributed by atoms with Crippen LogP contribution in [0.4, 0.5) is 17.3 Å². The van der Waals surface area contributed by atoms with E-state index in [1.54, 1.807) is 18.2 Å². The molecular weight excluding hydrogens is 306 g/mol. The summed E-state index contributed by atoms with van der Waals surface area (Å²) in [6.07, 6.45) is 0.698. The minimum absolute atomic E-state index is 0.129. The van der Waals surface area contributed by atoms with Crippen LogP contribution in [0.2, 0.25) is 0 Å². The average Bonchev–Trinajstić information content (AvgIpc) is 2.76. The number of ether oxygens (including phenoxy) is 1. The Hall–Kier alpha value is -2.59. The topological polar surface area (TPSA) is 158 Å². The number of aromatic nitrogens is 2. The van der Waals surface area contributed by atoms with Gasteiger partial charge in [0.1, 0.15) is 5.75 Å². The molecule has 9 nitrogen and oxygen atoms in total. The number of nitrogen functional groups attached to an aromatic ring is 1. The zero-order valence-electron chi connectivity index (χ0n) is 11.7. The first-order chi connectivity index (χ1) is 10.5. The predicted octanol–water partition coefficient (Wildman–Crippen LogP) is 0.973. The molecule has 0 saturated carbocycles. The number of nitrogens with two attached hydrogens (primary N) is 2. The SMILES string of the molecule is N=C(N)Nc1cccc(OCCCNc2n[s+]([O-])nc2N)c1. The Morgan fingerprint density at radius 1 is 1.41 bits per heavy atom. The summed E-state index contributed by atoms with van der Waals surface area (Å²) < 4.78 is 23.9. The molecule has 1 aromatic heterocycles. The Morgan fingerprint density at radius 3 is 2.91 bits per heavy atom. The second-order valence-electron chi connectivity index (χ2n) is 4.34. The molecule has 2 aromatic rings. The minimum atomic E-state index is -1.60. The molecule has 1 atom stereocenters. The van der Waals surface area contributed by atoms with E-state index >= 15 is 0 Å². The van der Waals surface area contributed by atoms with Gasteiger partial charge in [-0.1, -0.05) is 6.07 Å². The molecule has 1 aromatic carbocycles. The first-order valence-corrected chi connectivity index (χ1v) is 7.54. The maximum absolute atomic E-state index is 11.0. The summed E-state index contributed by atoms with van der Waals surface area (Å²) in [6, 6.07) is 7.16. The van der Waals surface area contributed by atoms with Gasteiger partial charge in [-0.05, 0) is 18.6 Å². The standard InChI is InChI=1S/C12H17N7O2S/c13-10-11(19-22(20)18-10)16-5-2-6-21-9-4-1-3-8(7-9)17-12(14)15/h1,3-4,7H,2,5-6H2,(H2,13,18)(H,16,19)(H4,14,15,17). The Labute approximate surface area is 130 Å². The number of hydrogen-bond acceptors (Lipinski definition) is 7. The quantitative estimate of drug-likeness (QED) is 0.218. The molecule has 0 bridgehead atoms. The van der Waals surface area contributed by atoms with Crippen molar-refractivity contribution in [2.75, 3.05) is 29.5 Å². The summed E-state index contributed by atoms with van der Waals surface area (Å²) in [5.74, 6) is 1.05. The van der Waals surface area contributed by atoms with Crippen molar-refractivity contribution < 1.29 is 9.29 Å². The lowest BCUT2D eigenvalue weighted by molar-refractivity contribution is 0.315. The second kappa shape index (κ2) is 7.43. The molecule has 0 radical (unpaired) electrons. The summed E-state index contributed by atoms with van der Waals surface area (Å²) in [7, 11) is 0. The molecule has 7 N–H and O–H groups in total. The molecular formula is C12H17N7O2S. The van der Waals surface area contributed by atoms with E-state index < -0.39 is 11.1 Å². The fourth-order valence-corrected chi connectivity index (χ4v) is 2.29. The molecule has 0 saturated heterocycles. The van der Waals surface area contributed by atoms with Gasteiger partial charge in [-0.15, -0.1) is 0 Å². The number of rotatable bonds is 7. The molecule has 0 aliphatic rings. The minimum Gasteiger partial charge on any atom is -0.546 e. The van der Waals surface area contributed by atoms with Gasteiger partial charge in [-0.2, -0.15) is 0 Å². The van der Waals surface area contributed by atoms with Crippen LogP contribution in [0.1, 0.15) is 6.42 Å². The zero-order chi connectivity index (χ0) is 15.9. The van der Waals surface area contributed by atoms with Crippen LogP contribution >= 0.6 is 11.1 Å². The molecule has 1 unspecified atom stereocenters. The predicted molar refractivity (Wildman–Crippen MR) is 85.7 cm³/mol. The normalized spacial score (nSPS) is 11.0. The molecule has 118 valence electrons. The highest BCUT2D eigenvalue weighted by atomic mass is 32.2. The fraction of sp³-hybridized carbons (Fsp3) is 0.250. The maximum atomic E-state index is 11.0. The third-order valence-corrected chi connectivity index (χ3v) is 3.28. The summed E-state index contributed by atoms with van der Waals surface area (Å²) in [4.78, 5) is 0. The summed E-state index contributed by atoms with van der Waals surface area (Å²) in [6.45, 7) is 1.04. The number of nitrogens with one attached hydrogen (secondary N) is 3. The van der Waals surface area contributed by atoms with Crippen LogP contribution in [-0.4, -0.2) is 32.4 Å². The van der Waals surface area contributed by atoms with E-state index in [0.29, 0.717) is 36.8 Å². The lowest BCUT2D eigenvalue weighted by atomic mass is 10.3. The van der Waals surface area contributed by atoms with Gasteiger partial charge in [0.15, 0.2) is 17.1 Å². The lowest BCUT2D eigenvalue weighted by Crippen LogP contribution is -2.20. The van der Waals surface area contributed by atoms with Crippen LogP contribution in [0.15, 0.2) is 24.3 Å². The van der Waals surface area contributed by atoms with E-state index in [0.717, 1.165) is 0 Å². The number of anilines is 3. The van der Waals surface area contributed by atoms with Crippen molar-refractivity contribution in [2.45, 2.75) is 6.42 Å². The summed E-state index contributed by atoms with van der Waals surface area (Å²) in [5.41, 5.74) is 11.5. The van der Waals surface area contributed by atoms with E-state index in [1.165, 1.54) is 0 Å². The average molecular weight is 323 g/mol.